The predicted octanol–water partition coefficient (Wildman–Crippen LogP) is 4.01. The highest BCUT2D eigenvalue weighted by atomic mass is 16.5. The summed E-state index contributed by atoms with van der Waals surface area (Å²) in [6.07, 6.45) is 4.02. The summed E-state index contributed by atoms with van der Waals surface area (Å²) in [4.78, 5) is 22.2. The van der Waals surface area contributed by atoms with Crippen LogP contribution in [-0.4, -0.2) is 34.7 Å². The number of ether oxygens (including phenoxy) is 1. The Labute approximate surface area is 168 Å². The molecule has 0 radical (unpaired) electrons. The van der Waals surface area contributed by atoms with E-state index >= 15 is 0 Å². The van der Waals surface area contributed by atoms with E-state index in [9.17, 15) is 14.7 Å². The molecule has 0 aliphatic rings. The summed E-state index contributed by atoms with van der Waals surface area (Å²) < 4.78 is 5.65. The summed E-state index contributed by atoms with van der Waals surface area (Å²) in [5.41, 5.74) is 1.19. The van der Waals surface area contributed by atoms with E-state index in [0.29, 0.717) is 32.1 Å². The lowest BCUT2D eigenvalue weighted by atomic mass is 9.94. The Kier molecular flexibility index (Phi) is 11.7. The first kappa shape index (κ1) is 23.7. The van der Waals surface area contributed by atoms with Crippen LogP contribution >= 0.6 is 0 Å². The highest BCUT2D eigenvalue weighted by Crippen LogP contribution is 2.17. The quantitative estimate of drug-likeness (QED) is 0.394. The van der Waals surface area contributed by atoms with E-state index < -0.39 is 12.1 Å². The van der Waals surface area contributed by atoms with E-state index in [-0.39, 0.29) is 24.7 Å². The lowest BCUT2D eigenvalue weighted by molar-refractivity contribution is -0.137. The molecule has 0 heterocycles. The predicted molar refractivity (Wildman–Crippen MR) is 109 cm³/mol. The average molecular weight is 389 g/mol. The van der Waals surface area contributed by atoms with Crippen molar-refractivity contribution in [3.05, 3.63) is 29.8 Å². The standard InChI is InChI=1S/C23H32O5/c1-3-19-10-8-14-22(16-19)28-17-21(25)13-9-12-20(18(2)24)11-6-4-5-7-15-23(26)27/h8,10,14,16,20-21,25H,3,5,7,9,11-13,15,17H2,1-2H3,(H,26,27). The molecule has 5 heteroatoms. The van der Waals surface area contributed by atoms with Gasteiger partial charge in [0.1, 0.15) is 18.1 Å². The van der Waals surface area contributed by atoms with Crippen molar-refractivity contribution in [3.63, 3.8) is 0 Å². The number of aliphatic hydroxyl groups is 1. The van der Waals surface area contributed by atoms with Gasteiger partial charge in [0.15, 0.2) is 0 Å². The molecule has 0 spiro atoms. The lowest BCUT2D eigenvalue weighted by Gasteiger charge is -2.15. The monoisotopic (exact) mass is 388 g/mol. The van der Waals surface area contributed by atoms with Crippen LogP contribution in [-0.2, 0) is 16.0 Å². The third-order valence-corrected chi connectivity index (χ3v) is 4.58. The molecular formula is C23H32O5. The Bertz CT molecular complexity index is 671. The van der Waals surface area contributed by atoms with Gasteiger partial charge >= 0.3 is 5.97 Å². The summed E-state index contributed by atoms with van der Waals surface area (Å²) in [7, 11) is 0. The second-order valence-corrected chi connectivity index (χ2v) is 7.01. The van der Waals surface area contributed by atoms with Crippen LogP contribution in [0.3, 0.4) is 0 Å². The number of carboxylic acid groups (broad SMARTS) is 1. The highest BCUT2D eigenvalue weighted by molar-refractivity contribution is 5.78. The number of rotatable bonds is 13. The zero-order valence-corrected chi connectivity index (χ0v) is 16.9. The van der Waals surface area contributed by atoms with Crippen LogP contribution in [0.5, 0.6) is 5.75 Å². The molecule has 0 fully saturated rings. The minimum atomic E-state index is -0.816. The van der Waals surface area contributed by atoms with Gasteiger partial charge in [-0.1, -0.05) is 19.1 Å². The molecule has 0 aromatic heterocycles. The van der Waals surface area contributed by atoms with Gasteiger partial charge in [0.05, 0.1) is 6.10 Å². The van der Waals surface area contributed by atoms with E-state index in [1.54, 1.807) is 6.92 Å². The lowest BCUT2D eigenvalue weighted by Crippen LogP contribution is -2.18. The molecule has 5 nitrogen and oxygen atoms in total. The third kappa shape index (κ3) is 10.7. The number of carboxylic acids is 1. The number of Topliss-reactive ketones (excluding diaryl/α,β-unsaturated/α-hetero) is 1. The zero-order valence-electron chi connectivity index (χ0n) is 16.9. The Balaban J connectivity index is 2.28. The Morgan fingerprint density at radius 3 is 2.64 bits per heavy atom. The van der Waals surface area contributed by atoms with Gasteiger partial charge in [-0.05, 0) is 56.7 Å². The summed E-state index contributed by atoms with van der Waals surface area (Å²) in [5, 5.41) is 18.7. The number of unbranched alkanes of at least 4 members (excludes halogenated alkanes) is 1. The minimum absolute atomic E-state index is 0.0990. The van der Waals surface area contributed by atoms with Crippen molar-refractivity contribution in [1.29, 1.82) is 0 Å². The van der Waals surface area contributed by atoms with E-state index in [2.05, 4.69) is 18.8 Å². The van der Waals surface area contributed by atoms with Gasteiger partial charge in [-0.15, -0.1) is 11.8 Å². The molecule has 1 aromatic rings. The first-order valence-corrected chi connectivity index (χ1v) is 10.00. The molecule has 1 aromatic carbocycles. The molecule has 0 bridgehead atoms. The van der Waals surface area contributed by atoms with E-state index in [1.807, 2.05) is 24.3 Å². The van der Waals surface area contributed by atoms with Gasteiger partial charge in [-0.2, -0.15) is 0 Å². The Morgan fingerprint density at radius 1 is 1.18 bits per heavy atom. The van der Waals surface area contributed by atoms with E-state index in [0.717, 1.165) is 18.6 Å². The van der Waals surface area contributed by atoms with Gasteiger partial charge in [0, 0.05) is 25.2 Å². The number of carbonyl (C=O) groups is 2. The van der Waals surface area contributed by atoms with Crippen LogP contribution in [0.25, 0.3) is 0 Å². The van der Waals surface area contributed by atoms with Crippen molar-refractivity contribution in [2.75, 3.05) is 6.61 Å². The smallest absolute Gasteiger partial charge is 0.303 e. The maximum Gasteiger partial charge on any atom is 0.303 e. The van der Waals surface area contributed by atoms with Gasteiger partial charge in [-0.25, -0.2) is 0 Å². The second-order valence-electron chi connectivity index (χ2n) is 7.01. The van der Waals surface area contributed by atoms with Gasteiger partial charge in [0.25, 0.3) is 0 Å². The van der Waals surface area contributed by atoms with Crippen molar-refractivity contribution in [2.24, 2.45) is 5.92 Å². The number of aliphatic carboxylic acids is 1. The second kappa shape index (κ2) is 13.8. The summed E-state index contributed by atoms with van der Waals surface area (Å²) >= 11 is 0. The SMILES string of the molecule is CCc1cccc(OCC(O)CCCC(CC#CCCCC(=O)O)C(C)=O)c1. The fourth-order valence-electron chi connectivity index (χ4n) is 2.79. The van der Waals surface area contributed by atoms with Crippen LogP contribution in [0, 0.1) is 17.8 Å². The van der Waals surface area contributed by atoms with Crippen LogP contribution in [0.15, 0.2) is 24.3 Å². The molecule has 154 valence electrons. The molecule has 28 heavy (non-hydrogen) atoms. The third-order valence-electron chi connectivity index (χ3n) is 4.58. The molecule has 2 N–H and O–H groups in total. The fraction of sp³-hybridized carbons (Fsp3) is 0.565. The van der Waals surface area contributed by atoms with Crippen molar-refractivity contribution < 1.29 is 24.5 Å². The minimum Gasteiger partial charge on any atom is -0.491 e. The molecule has 0 aliphatic heterocycles. The number of benzene rings is 1. The maximum absolute atomic E-state index is 11.8. The fourth-order valence-corrected chi connectivity index (χ4v) is 2.79. The molecule has 0 saturated carbocycles. The van der Waals surface area contributed by atoms with E-state index in [4.69, 9.17) is 9.84 Å². The van der Waals surface area contributed by atoms with Gasteiger partial charge in [-0.3, -0.25) is 9.59 Å². The van der Waals surface area contributed by atoms with Crippen LogP contribution in [0.2, 0.25) is 0 Å². The molecular weight excluding hydrogens is 356 g/mol. The van der Waals surface area contributed by atoms with Crippen LogP contribution < -0.4 is 4.74 Å². The average Bonchev–Trinajstić information content (AvgIpc) is 2.67. The highest BCUT2D eigenvalue weighted by Gasteiger charge is 2.14. The van der Waals surface area contributed by atoms with Crippen LogP contribution in [0.1, 0.15) is 64.4 Å². The van der Waals surface area contributed by atoms with Crippen molar-refractivity contribution >= 4 is 11.8 Å². The molecule has 2 atom stereocenters. The van der Waals surface area contributed by atoms with E-state index in [1.165, 1.54) is 5.56 Å². The molecule has 0 aliphatic carbocycles. The number of ketones is 1. The van der Waals surface area contributed by atoms with Crippen molar-refractivity contribution in [1.82, 2.24) is 0 Å². The molecule has 2 unspecified atom stereocenters. The molecule has 1 rings (SSSR count). The number of hydrogen-bond acceptors (Lipinski definition) is 4. The summed E-state index contributed by atoms with van der Waals surface area (Å²) in [6.45, 7) is 3.89. The molecule has 0 amide bonds. The maximum atomic E-state index is 11.8. The normalized spacial score (nSPS) is 12.5. The van der Waals surface area contributed by atoms with Crippen molar-refractivity contribution in [2.45, 2.75) is 71.3 Å². The van der Waals surface area contributed by atoms with Gasteiger partial charge < -0.3 is 14.9 Å². The first-order valence-electron chi connectivity index (χ1n) is 10.00. The number of carbonyl (C=O) groups excluding carboxylic acids is 1. The largest absolute Gasteiger partial charge is 0.491 e. The molecule has 0 saturated heterocycles. The van der Waals surface area contributed by atoms with Crippen molar-refractivity contribution in [3.8, 4) is 17.6 Å². The topological polar surface area (TPSA) is 83.8 Å². The Hall–Kier alpha value is -2.32. The zero-order chi connectivity index (χ0) is 20.8. The number of aliphatic hydroxyl groups excluding tert-OH is 1. The Morgan fingerprint density at radius 2 is 1.96 bits per heavy atom. The number of hydrogen-bond donors (Lipinski definition) is 2. The first-order chi connectivity index (χ1) is 13.4. The summed E-state index contributed by atoms with van der Waals surface area (Å²) in [6, 6.07) is 7.85. The van der Waals surface area contributed by atoms with Gasteiger partial charge in [0.2, 0.25) is 0 Å². The number of aryl methyl sites for hydroxylation is 1. The summed E-state index contributed by atoms with van der Waals surface area (Å²) in [5.74, 6) is 5.83. The van der Waals surface area contributed by atoms with Crippen LogP contribution in [0.4, 0.5) is 0 Å².